The Balaban J connectivity index is 1.65. The third-order valence-corrected chi connectivity index (χ3v) is 3.99. The van der Waals surface area contributed by atoms with Crippen molar-refractivity contribution in [3.63, 3.8) is 0 Å². The van der Waals surface area contributed by atoms with Crippen molar-refractivity contribution in [1.29, 1.82) is 0 Å². The minimum atomic E-state index is 0.0487. The van der Waals surface area contributed by atoms with Gasteiger partial charge >= 0.3 is 0 Å². The third-order valence-electron chi connectivity index (χ3n) is 3.62. The quantitative estimate of drug-likeness (QED) is 0.751. The van der Waals surface area contributed by atoms with E-state index >= 15 is 0 Å². The van der Waals surface area contributed by atoms with Gasteiger partial charge in [0, 0.05) is 18.1 Å². The van der Waals surface area contributed by atoms with Gasteiger partial charge in [0.15, 0.2) is 0 Å². The summed E-state index contributed by atoms with van der Waals surface area (Å²) in [6, 6.07) is 18.0. The first-order valence-corrected chi connectivity index (χ1v) is 8.25. The lowest BCUT2D eigenvalue weighted by Gasteiger charge is -2.17. The summed E-state index contributed by atoms with van der Waals surface area (Å²) in [7, 11) is 1.92. The van der Waals surface area contributed by atoms with Crippen molar-refractivity contribution in [2.45, 2.75) is 19.4 Å². The molecule has 2 aromatic carbocycles. The Morgan fingerprint density at radius 2 is 1.78 bits per heavy atom. The summed E-state index contributed by atoms with van der Waals surface area (Å²) in [5, 5.41) is 3.71. The van der Waals surface area contributed by atoms with Gasteiger partial charge < -0.3 is 5.32 Å². The van der Waals surface area contributed by atoms with Gasteiger partial charge in [0.25, 0.3) is 0 Å². The highest BCUT2D eigenvalue weighted by molar-refractivity contribution is 6.31. The molecule has 2 aromatic rings. The van der Waals surface area contributed by atoms with Crippen LogP contribution in [-0.2, 0) is 17.8 Å². The van der Waals surface area contributed by atoms with Crippen LogP contribution in [0.2, 0.25) is 5.02 Å². The number of hydrogen-bond acceptors (Lipinski definition) is 2. The van der Waals surface area contributed by atoms with E-state index in [2.05, 4.69) is 17.4 Å². The molecular formula is C19H23ClN2O. The number of benzene rings is 2. The number of nitrogens with one attached hydrogen (secondary N) is 1. The van der Waals surface area contributed by atoms with E-state index < -0.39 is 0 Å². The van der Waals surface area contributed by atoms with Gasteiger partial charge in [-0.1, -0.05) is 60.1 Å². The first kappa shape index (κ1) is 17.5. The minimum absolute atomic E-state index is 0.0487. The van der Waals surface area contributed by atoms with Gasteiger partial charge in [0.1, 0.15) is 0 Å². The van der Waals surface area contributed by atoms with E-state index in [9.17, 15) is 4.79 Å². The molecule has 0 bridgehead atoms. The standard InChI is InChI=1S/C19H23ClN2O/c1-22(14-17-11-5-6-12-18(17)20)15-19(23)21-13-7-10-16-8-3-2-4-9-16/h2-6,8-9,11-12H,7,10,13-15H2,1H3,(H,21,23). The van der Waals surface area contributed by atoms with Crippen LogP contribution in [-0.4, -0.2) is 30.9 Å². The largest absolute Gasteiger partial charge is 0.355 e. The molecule has 4 heteroatoms. The Morgan fingerprint density at radius 3 is 2.52 bits per heavy atom. The van der Waals surface area contributed by atoms with Crippen LogP contribution < -0.4 is 5.32 Å². The Morgan fingerprint density at radius 1 is 1.09 bits per heavy atom. The number of carbonyl (C=O) groups excluding carboxylic acids is 1. The Hall–Kier alpha value is -1.84. The van der Waals surface area contributed by atoms with E-state index in [1.165, 1.54) is 5.56 Å². The number of rotatable bonds is 8. The number of amides is 1. The Labute approximate surface area is 143 Å². The summed E-state index contributed by atoms with van der Waals surface area (Å²) < 4.78 is 0. The van der Waals surface area contributed by atoms with Crippen LogP contribution in [0.5, 0.6) is 0 Å². The molecule has 0 fully saturated rings. The second-order valence-electron chi connectivity index (χ2n) is 5.70. The molecule has 3 nitrogen and oxygen atoms in total. The van der Waals surface area contributed by atoms with Crippen molar-refractivity contribution < 1.29 is 4.79 Å². The van der Waals surface area contributed by atoms with E-state index in [-0.39, 0.29) is 5.91 Å². The molecule has 0 aliphatic rings. The molecule has 23 heavy (non-hydrogen) atoms. The highest BCUT2D eigenvalue weighted by Gasteiger charge is 2.08. The van der Waals surface area contributed by atoms with Crippen LogP contribution in [0.3, 0.4) is 0 Å². The molecule has 2 rings (SSSR count). The summed E-state index contributed by atoms with van der Waals surface area (Å²) >= 11 is 6.14. The number of hydrogen-bond donors (Lipinski definition) is 1. The number of nitrogens with zero attached hydrogens (tertiary/aromatic N) is 1. The zero-order valence-electron chi connectivity index (χ0n) is 13.5. The fraction of sp³-hybridized carbons (Fsp3) is 0.316. The summed E-state index contributed by atoms with van der Waals surface area (Å²) in [6.07, 6.45) is 1.93. The Bertz CT molecular complexity index is 616. The summed E-state index contributed by atoms with van der Waals surface area (Å²) in [4.78, 5) is 13.9. The van der Waals surface area contributed by atoms with Crippen molar-refractivity contribution in [2.75, 3.05) is 20.1 Å². The molecule has 0 saturated heterocycles. The van der Waals surface area contributed by atoms with E-state index in [1.54, 1.807) is 0 Å². The molecule has 0 heterocycles. The molecule has 0 aliphatic carbocycles. The van der Waals surface area contributed by atoms with E-state index in [4.69, 9.17) is 11.6 Å². The van der Waals surface area contributed by atoms with Crippen molar-refractivity contribution >= 4 is 17.5 Å². The normalized spacial score (nSPS) is 10.7. The van der Waals surface area contributed by atoms with Gasteiger partial charge in [0.05, 0.1) is 6.54 Å². The summed E-state index contributed by atoms with van der Waals surface area (Å²) in [5.74, 6) is 0.0487. The maximum Gasteiger partial charge on any atom is 0.234 e. The van der Waals surface area contributed by atoms with Crippen molar-refractivity contribution in [2.24, 2.45) is 0 Å². The lowest BCUT2D eigenvalue weighted by Crippen LogP contribution is -2.35. The SMILES string of the molecule is CN(CC(=O)NCCCc1ccccc1)Cc1ccccc1Cl. The Kier molecular flexibility index (Phi) is 7.11. The van der Waals surface area contributed by atoms with E-state index in [0.29, 0.717) is 19.6 Å². The highest BCUT2D eigenvalue weighted by Crippen LogP contribution is 2.16. The molecule has 1 N–H and O–H groups in total. The maximum absolute atomic E-state index is 12.0. The molecular weight excluding hydrogens is 308 g/mol. The van der Waals surface area contributed by atoms with Gasteiger partial charge in [0.2, 0.25) is 5.91 Å². The van der Waals surface area contributed by atoms with Crippen molar-refractivity contribution in [3.05, 3.63) is 70.7 Å². The van der Waals surface area contributed by atoms with Crippen LogP contribution in [0.1, 0.15) is 17.5 Å². The molecule has 122 valence electrons. The summed E-state index contributed by atoms with van der Waals surface area (Å²) in [6.45, 7) is 1.74. The van der Waals surface area contributed by atoms with Crippen LogP contribution in [0.15, 0.2) is 54.6 Å². The predicted molar refractivity (Wildman–Crippen MR) is 95.6 cm³/mol. The second kappa shape index (κ2) is 9.33. The number of aryl methyl sites for hydroxylation is 1. The number of halogens is 1. The number of carbonyl (C=O) groups is 1. The first-order chi connectivity index (χ1) is 11.1. The first-order valence-electron chi connectivity index (χ1n) is 7.88. The molecule has 0 spiro atoms. The smallest absolute Gasteiger partial charge is 0.234 e. The van der Waals surface area contributed by atoms with Crippen LogP contribution in [0.4, 0.5) is 0 Å². The van der Waals surface area contributed by atoms with E-state index in [0.717, 1.165) is 23.4 Å². The topological polar surface area (TPSA) is 32.3 Å². The molecule has 0 unspecified atom stereocenters. The van der Waals surface area contributed by atoms with E-state index in [1.807, 2.05) is 54.4 Å². The molecule has 0 radical (unpaired) electrons. The van der Waals surface area contributed by atoms with Crippen molar-refractivity contribution in [1.82, 2.24) is 10.2 Å². The maximum atomic E-state index is 12.0. The van der Waals surface area contributed by atoms with Crippen LogP contribution >= 0.6 is 11.6 Å². The average molecular weight is 331 g/mol. The van der Waals surface area contributed by atoms with Gasteiger partial charge in [-0.25, -0.2) is 0 Å². The van der Waals surface area contributed by atoms with Gasteiger partial charge in [-0.05, 0) is 37.1 Å². The minimum Gasteiger partial charge on any atom is -0.355 e. The molecule has 0 saturated carbocycles. The lowest BCUT2D eigenvalue weighted by atomic mass is 10.1. The summed E-state index contributed by atoms with van der Waals surface area (Å²) in [5.41, 5.74) is 2.34. The molecule has 0 aromatic heterocycles. The lowest BCUT2D eigenvalue weighted by molar-refractivity contribution is -0.122. The van der Waals surface area contributed by atoms with Gasteiger partial charge in [-0.15, -0.1) is 0 Å². The molecule has 0 aliphatic heterocycles. The third kappa shape index (κ3) is 6.43. The fourth-order valence-corrected chi connectivity index (χ4v) is 2.63. The van der Waals surface area contributed by atoms with Crippen LogP contribution in [0.25, 0.3) is 0 Å². The van der Waals surface area contributed by atoms with Crippen LogP contribution in [0, 0.1) is 0 Å². The molecule has 0 atom stereocenters. The zero-order chi connectivity index (χ0) is 16.5. The monoisotopic (exact) mass is 330 g/mol. The van der Waals surface area contributed by atoms with Gasteiger partial charge in [-0.2, -0.15) is 0 Å². The van der Waals surface area contributed by atoms with Gasteiger partial charge in [-0.3, -0.25) is 9.69 Å². The fourth-order valence-electron chi connectivity index (χ4n) is 2.44. The predicted octanol–water partition coefficient (Wildman–Crippen LogP) is 3.52. The second-order valence-corrected chi connectivity index (χ2v) is 6.11. The van der Waals surface area contributed by atoms with Crippen molar-refractivity contribution in [3.8, 4) is 0 Å². The zero-order valence-corrected chi connectivity index (χ0v) is 14.2. The number of likely N-dealkylation sites (N-methyl/N-ethyl adjacent to an activating group) is 1. The average Bonchev–Trinajstić information content (AvgIpc) is 2.55. The molecule has 1 amide bonds. The highest BCUT2D eigenvalue weighted by atomic mass is 35.5.